The summed E-state index contributed by atoms with van der Waals surface area (Å²) in [6, 6.07) is 9.37. The normalized spacial score (nSPS) is 11.3. The number of carbonyl (C=O) groups is 1. The molecule has 21 heavy (non-hydrogen) atoms. The van der Waals surface area contributed by atoms with Crippen molar-refractivity contribution in [1.29, 1.82) is 0 Å². The van der Waals surface area contributed by atoms with Crippen LogP contribution >= 0.6 is 0 Å². The van der Waals surface area contributed by atoms with E-state index in [0.717, 1.165) is 17.0 Å². The van der Waals surface area contributed by atoms with Gasteiger partial charge in [0, 0.05) is 12.1 Å². The maximum absolute atomic E-state index is 11.9. The van der Waals surface area contributed by atoms with E-state index >= 15 is 0 Å². The second-order valence-electron chi connectivity index (χ2n) is 4.70. The molecule has 0 atom stereocenters. The van der Waals surface area contributed by atoms with Crippen LogP contribution in [-0.2, 0) is 6.42 Å². The van der Waals surface area contributed by atoms with Crippen LogP contribution in [0.2, 0.25) is 0 Å². The SMILES string of the molecule is COc1ccc(C/C(C)=N\NC(=O)c2ccoc2C)cc1. The molecule has 5 heteroatoms. The third-order valence-corrected chi connectivity index (χ3v) is 3.07. The molecule has 1 amide bonds. The van der Waals surface area contributed by atoms with Gasteiger partial charge in [0.25, 0.3) is 5.91 Å². The Hall–Kier alpha value is -2.56. The van der Waals surface area contributed by atoms with E-state index in [1.165, 1.54) is 6.26 Å². The van der Waals surface area contributed by atoms with Crippen molar-refractivity contribution in [2.24, 2.45) is 5.10 Å². The van der Waals surface area contributed by atoms with Gasteiger partial charge in [0.2, 0.25) is 0 Å². The highest BCUT2D eigenvalue weighted by Crippen LogP contribution is 2.12. The molecule has 1 aromatic heterocycles. The molecule has 5 nitrogen and oxygen atoms in total. The fraction of sp³-hybridized carbons (Fsp3) is 0.250. The highest BCUT2D eigenvalue weighted by Gasteiger charge is 2.10. The van der Waals surface area contributed by atoms with Crippen LogP contribution in [0.25, 0.3) is 0 Å². The van der Waals surface area contributed by atoms with Gasteiger partial charge in [0.1, 0.15) is 11.5 Å². The number of hydrogen-bond donors (Lipinski definition) is 1. The zero-order valence-electron chi connectivity index (χ0n) is 12.3. The molecule has 0 aliphatic carbocycles. The van der Waals surface area contributed by atoms with E-state index in [1.807, 2.05) is 31.2 Å². The van der Waals surface area contributed by atoms with Gasteiger partial charge < -0.3 is 9.15 Å². The molecule has 110 valence electrons. The fourth-order valence-corrected chi connectivity index (χ4v) is 1.91. The molecule has 0 fully saturated rings. The number of benzene rings is 1. The summed E-state index contributed by atoms with van der Waals surface area (Å²) in [6.07, 6.45) is 2.15. The quantitative estimate of drug-likeness (QED) is 0.679. The molecule has 0 aliphatic rings. The fourth-order valence-electron chi connectivity index (χ4n) is 1.91. The topological polar surface area (TPSA) is 63.8 Å². The van der Waals surface area contributed by atoms with Gasteiger partial charge in [-0.05, 0) is 37.6 Å². The van der Waals surface area contributed by atoms with Crippen LogP contribution in [0.4, 0.5) is 0 Å². The van der Waals surface area contributed by atoms with E-state index in [-0.39, 0.29) is 5.91 Å². The molecule has 0 aliphatic heterocycles. The molecular weight excluding hydrogens is 268 g/mol. The van der Waals surface area contributed by atoms with Crippen molar-refractivity contribution >= 4 is 11.6 Å². The summed E-state index contributed by atoms with van der Waals surface area (Å²) in [7, 11) is 1.63. The number of carbonyl (C=O) groups excluding carboxylic acids is 1. The maximum Gasteiger partial charge on any atom is 0.274 e. The number of methoxy groups -OCH3 is 1. The van der Waals surface area contributed by atoms with E-state index in [2.05, 4.69) is 10.5 Å². The Bertz CT molecular complexity index is 642. The van der Waals surface area contributed by atoms with Crippen LogP contribution in [-0.4, -0.2) is 18.7 Å². The summed E-state index contributed by atoms with van der Waals surface area (Å²) < 4.78 is 10.2. The summed E-state index contributed by atoms with van der Waals surface area (Å²) in [4.78, 5) is 11.9. The molecule has 1 N–H and O–H groups in total. The molecule has 2 aromatic rings. The summed E-state index contributed by atoms with van der Waals surface area (Å²) in [5.74, 6) is 1.13. The second kappa shape index (κ2) is 6.74. The minimum Gasteiger partial charge on any atom is -0.497 e. The van der Waals surface area contributed by atoms with Crippen molar-refractivity contribution in [2.75, 3.05) is 7.11 Å². The van der Waals surface area contributed by atoms with Crippen LogP contribution < -0.4 is 10.2 Å². The van der Waals surface area contributed by atoms with Crippen molar-refractivity contribution in [3.63, 3.8) is 0 Å². The molecular formula is C16H18N2O3. The second-order valence-corrected chi connectivity index (χ2v) is 4.70. The predicted octanol–water partition coefficient (Wildman–Crippen LogP) is 2.95. The van der Waals surface area contributed by atoms with Gasteiger partial charge in [-0.25, -0.2) is 5.43 Å². The van der Waals surface area contributed by atoms with E-state index in [4.69, 9.17) is 9.15 Å². The molecule has 0 bridgehead atoms. The van der Waals surface area contributed by atoms with E-state index in [0.29, 0.717) is 17.7 Å². The predicted molar refractivity (Wildman–Crippen MR) is 80.7 cm³/mol. The largest absolute Gasteiger partial charge is 0.497 e. The zero-order chi connectivity index (χ0) is 15.2. The Morgan fingerprint density at radius 3 is 2.57 bits per heavy atom. The Morgan fingerprint density at radius 2 is 2.00 bits per heavy atom. The van der Waals surface area contributed by atoms with Crippen LogP contribution in [0.1, 0.15) is 28.6 Å². The zero-order valence-corrected chi connectivity index (χ0v) is 12.3. The molecule has 0 saturated carbocycles. The van der Waals surface area contributed by atoms with Crippen molar-refractivity contribution in [1.82, 2.24) is 5.43 Å². The molecule has 1 aromatic carbocycles. The lowest BCUT2D eigenvalue weighted by Crippen LogP contribution is -2.19. The van der Waals surface area contributed by atoms with E-state index in [1.54, 1.807) is 20.1 Å². The first kappa shape index (κ1) is 14.8. The standard InChI is InChI=1S/C16H18N2O3/c1-11(10-13-4-6-14(20-3)7-5-13)17-18-16(19)15-8-9-21-12(15)2/h4-9H,10H2,1-3H3,(H,18,19)/b17-11-. The molecule has 1 heterocycles. The van der Waals surface area contributed by atoms with Crippen molar-refractivity contribution in [2.45, 2.75) is 20.3 Å². The summed E-state index contributed by atoms with van der Waals surface area (Å²) in [6.45, 7) is 3.61. The number of ether oxygens (including phenoxy) is 1. The van der Waals surface area contributed by atoms with Gasteiger partial charge in [0.05, 0.1) is 18.9 Å². The number of nitrogens with zero attached hydrogens (tertiary/aromatic N) is 1. The lowest BCUT2D eigenvalue weighted by atomic mass is 10.1. The number of hydrogen-bond acceptors (Lipinski definition) is 4. The number of furan rings is 1. The number of rotatable bonds is 5. The number of amides is 1. The number of hydrazone groups is 1. The summed E-state index contributed by atoms with van der Waals surface area (Å²) in [5, 5.41) is 4.10. The monoisotopic (exact) mass is 286 g/mol. The van der Waals surface area contributed by atoms with Crippen molar-refractivity contribution in [3.05, 3.63) is 53.5 Å². The van der Waals surface area contributed by atoms with E-state index < -0.39 is 0 Å². The molecule has 0 radical (unpaired) electrons. The van der Waals surface area contributed by atoms with Gasteiger partial charge in [-0.2, -0.15) is 5.10 Å². The minimum atomic E-state index is -0.268. The average molecular weight is 286 g/mol. The van der Waals surface area contributed by atoms with Crippen LogP contribution in [0.15, 0.2) is 46.1 Å². The van der Waals surface area contributed by atoms with Crippen LogP contribution in [0.3, 0.4) is 0 Å². The van der Waals surface area contributed by atoms with Gasteiger partial charge in [0.15, 0.2) is 0 Å². The first-order chi connectivity index (χ1) is 10.1. The molecule has 0 unspecified atom stereocenters. The Kier molecular flexibility index (Phi) is 4.77. The minimum absolute atomic E-state index is 0.268. The highest BCUT2D eigenvalue weighted by atomic mass is 16.5. The average Bonchev–Trinajstić information content (AvgIpc) is 2.92. The third-order valence-electron chi connectivity index (χ3n) is 3.07. The molecule has 0 saturated heterocycles. The van der Waals surface area contributed by atoms with Crippen LogP contribution in [0.5, 0.6) is 5.75 Å². The van der Waals surface area contributed by atoms with Gasteiger partial charge in [-0.3, -0.25) is 4.79 Å². The van der Waals surface area contributed by atoms with Gasteiger partial charge in [-0.1, -0.05) is 12.1 Å². The molecule has 2 rings (SSSR count). The summed E-state index contributed by atoms with van der Waals surface area (Å²) in [5.41, 5.74) is 4.95. The Morgan fingerprint density at radius 1 is 1.29 bits per heavy atom. The third kappa shape index (κ3) is 3.95. The molecule has 0 spiro atoms. The first-order valence-electron chi connectivity index (χ1n) is 6.60. The lowest BCUT2D eigenvalue weighted by molar-refractivity contribution is 0.0953. The van der Waals surface area contributed by atoms with Crippen LogP contribution in [0, 0.1) is 6.92 Å². The lowest BCUT2D eigenvalue weighted by Gasteiger charge is -2.04. The van der Waals surface area contributed by atoms with Crippen molar-refractivity contribution in [3.8, 4) is 5.75 Å². The Labute approximate surface area is 123 Å². The number of aryl methyl sites for hydroxylation is 1. The summed E-state index contributed by atoms with van der Waals surface area (Å²) >= 11 is 0. The number of nitrogens with one attached hydrogen (secondary N) is 1. The van der Waals surface area contributed by atoms with E-state index in [9.17, 15) is 4.79 Å². The maximum atomic E-state index is 11.9. The Balaban J connectivity index is 1.94. The smallest absolute Gasteiger partial charge is 0.274 e. The van der Waals surface area contributed by atoms with Gasteiger partial charge >= 0.3 is 0 Å². The highest BCUT2D eigenvalue weighted by molar-refractivity contribution is 5.96. The first-order valence-corrected chi connectivity index (χ1v) is 6.60. The van der Waals surface area contributed by atoms with Gasteiger partial charge in [-0.15, -0.1) is 0 Å². The van der Waals surface area contributed by atoms with Crippen molar-refractivity contribution < 1.29 is 13.9 Å².